The maximum atomic E-state index is 11.7. The average molecular weight is 265 g/mol. The molecule has 19 heavy (non-hydrogen) atoms. The molecule has 3 N–H and O–H groups in total. The van der Waals surface area contributed by atoms with Gasteiger partial charge in [-0.25, -0.2) is 0 Å². The van der Waals surface area contributed by atoms with Crippen LogP contribution in [0.25, 0.3) is 0 Å². The molecular formula is C11H19N7O. The fourth-order valence-electron chi connectivity index (χ4n) is 1.53. The van der Waals surface area contributed by atoms with Crippen LogP contribution in [0.5, 0.6) is 0 Å². The minimum Gasteiger partial charge on any atom is -0.368 e. The van der Waals surface area contributed by atoms with Crippen LogP contribution in [0.1, 0.15) is 12.8 Å². The molecule has 1 aliphatic rings. The van der Waals surface area contributed by atoms with E-state index < -0.39 is 0 Å². The molecule has 2 rings (SSSR count). The zero-order chi connectivity index (χ0) is 14.0. The van der Waals surface area contributed by atoms with Gasteiger partial charge in [0.05, 0.1) is 6.54 Å². The molecule has 1 heterocycles. The van der Waals surface area contributed by atoms with Crippen molar-refractivity contribution in [1.82, 2.24) is 20.3 Å². The number of nitrogens with two attached hydrogens (primary N) is 1. The third kappa shape index (κ3) is 3.67. The van der Waals surface area contributed by atoms with Gasteiger partial charge in [0.1, 0.15) is 0 Å². The Kier molecular flexibility index (Phi) is 3.68. The van der Waals surface area contributed by atoms with Gasteiger partial charge in [-0.2, -0.15) is 15.0 Å². The van der Waals surface area contributed by atoms with E-state index in [1.807, 2.05) is 14.1 Å². The Morgan fingerprint density at radius 3 is 2.47 bits per heavy atom. The van der Waals surface area contributed by atoms with E-state index >= 15 is 0 Å². The van der Waals surface area contributed by atoms with Crippen LogP contribution in [0.2, 0.25) is 0 Å². The van der Waals surface area contributed by atoms with E-state index in [-0.39, 0.29) is 18.4 Å². The van der Waals surface area contributed by atoms with Crippen molar-refractivity contribution in [2.24, 2.45) is 0 Å². The minimum atomic E-state index is -0.0320. The second-order valence-corrected chi connectivity index (χ2v) is 4.89. The molecule has 1 saturated carbocycles. The first-order chi connectivity index (χ1) is 8.95. The normalized spacial score (nSPS) is 14.1. The summed E-state index contributed by atoms with van der Waals surface area (Å²) in [5.74, 6) is 0.970. The van der Waals surface area contributed by atoms with Crippen molar-refractivity contribution >= 4 is 23.8 Å². The Balaban J connectivity index is 2.04. The summed E-state index contributed by atoms with van der Waals surface area (Å²) in [6.07, 6.45) is 2.14. The number of nitrogens with zero attached hydrogens (tertiary/aromatic N) is 5. The van der Waals surface area contributed by atoms with Crippen molar-refractivity contribution in [1.29, 1.82) is 0 Å². The van der Waals surface area contributed by atoms with Gasteiger partial charge >= 0.3 is 0 Å². The Morgan fingerprint density at radius 1 is 1.26 bits per heavy atom. The summed E-state index contributed by atoms with van der Waals surface area (Å²) in [4.78, 5) is 27.4. The number of likely N-dealkylation sites (N-methyl/N-ethyl adjacent to an activating group) is 1. The molecule has 0 bridgehead atoms. The van der Waals surface area contributed by atoms with E-state index in [2.05, 4.69) is 20.3 Å². The summed E-state index contributed by atoms with van der Waals surface area (Å²) in [5.41, 5.74) is 5.64. The zero-order valence-corrected chi connectivity index (χ0v) is 11.4. The summed E-state index contributed by atoms with van der Waals surface area (Å²) in [5, 5.41) is 2.91. The SMILES string of the molecule is CN(C)c1nc(N)nc(N(C)CC(=O)NC2CC2)n1. The fourth-order valence-corrected chi connectivity index (χ4v) is 1.53. The standard InChI is InChI=1S/C11H19N7O/c1-17(2)10-14-9(12)15-11(16-10)18(3)6-8(19)13-7-4-5-7/h7H,4-6H2,1-3H3,(H,13,19)(H2,12,14,15,16). The van der Waals surface area contributed by atoms with Gasteiger partial charge in [-0.05, 0) is 12.8 Å². The molecule has 0 saturated heterocycles. The van der Waals surface area contributed by atoms with E-state index in [9.17, 15) is 4.79 Å². The molecule has 1 aromatic rings. The predicted molar refractivity (Wildman–Crippen MR) is 73.0 cm³/mol. The Bertz CT molecular complexity index is 472. The summed E-state index contributed by atoms with van der Waals surface area (Å²) in [6.45, 7) is 0.201. The molecule has 0 unspecified atom stereocenters. The number of amides is 1. The highest BCUT2D eigenvalue weighted by Crippen LogP contribution is 2.18. The molecule has 0 atom stereocenters. The molecule has 104 valence electrons. The maximum absolute atomic E-state index is 11.7. The second-order valence-electron chi connectivity index (χ2n) is 4.89. The lowest BCUT2D eigenvalue weighted by Gasteiger charge is -2.18. The van der Waals surface area contributed by atoms with Crippen LogP contribution >= 0.6 is 0 Å². The van der Waals surface area contributed by atoms with Crippen LogP contribution in [0.15, 0.2) is 0 Å². The number of nitrogens with one attached hydrogen (secondary N) is 1. The highest BCUT2D eigenvalue weighted by molar-refractivity contribution is 5.81. The molecule has 0 radical (unpaired) electrons. The number of carbonyl (C=O) groups excluding carboxylic acids is 1. The molecule has 0 aromatic carbocycles. The van der Waals surface area contributed by atoms with Crippen molar-refractivity contribution in [3.8, 4) is 0 Å². The van der Waals surface area contributed by atoms with Gasteiger partial charge in [0.15, 0.2) is 0 Å². The van der Waals surface area contributed by atoms with E-state index in [4.69, 9.17) is 5.73 Å². The summed E-state index contributed by atoms with van der Waals surface area (Å²) in [7, 11) is 5.39. The van der Waals surface area contributed by atoms with Gasteiger partial charge in [0.2, 0.25) is 23.8 Å². The lowest BCUT2D eigenvalue weighted by molar-refractivity contribution is -0.119. The topological polar surface area (TPSA) is 100 Å². The van der Waals surface area contributed by atoms with Crippen LogP contribution in [0, 0.1) is 0 Å². The smallest absolute Gasteiger partial charge is 0.239 e. The van der Waals surface area contributed by atoms with Crippen LogP contribution < -0.4 is 20.9 Å². The van der Waals surface area contributed by atoms with E-state index in [1.165, 1.54) is 0 Å². The molecule has 1 fully saturated rings. The predicted octanol–water partition coefficient (Wildman–Crippen LogP) is -0.765. The van der Waals surface area contributed by atoms with Crippen molar-refractivity contribution in [2.75, 3.05) is 43.2 Å². The summed E-state index contributed by atoms with van der Waals surface area (Å²) >= 11 is 0. The van der Waals surface area contributed by atoms with Gasteiger partial charge in [0.25, 0.3) is 0 Å². The largest absolute Gasteiger partial charge is 0.368 e. The van der Waals surface area contributed by atoms with Gasteiger partial charge in [-0.1, -0.05) is 0 Å². The fraction of sp³-hybridized carbons (Fsp3) is 0.636. The summed E-state index contributed by atoms with van der Waals surface area (Å²) in [6, 6.07) is 0.349. The third-order valence-corrected chi connectivity index (χ3v) is 2.69. The van der Waals surface area contributed by atoms with Crippen LogP contribution in [-0.4, -0.2) is 54.6 Å². The maximum Gasteiger partial charge on any atom is 0.239 e. The molecule has 1 aliphatic carbocycles. The van der Waals surface area contributed by atoms with Gasteiger partial charge < -0.3 is 20.9 Å². The number of aromatic nitrogens is 3. The number of nitrogen functional groups attached to an aromatic ring is 1. The van der Waals surface area contributed by atoms with Crippen LogP contribution in [0.4, 0.5) is 17.8 Å². The molecule has 1 aromatic heterocycles. The van der Waals surface area contributed by atoms with E-state index in [0.717, 1.165) is 12.8 Å². The van der Waals surface area contributed by atoms with Gasteiger partial charge in [0, 0.05) is 27.2 Å². The van der Waals surface area contributed by atoms with Crippen molar-refractivity contribution in [2.45, 2.75) is 18.9 Å². The first kappa shape index (κ1) is 13.3. The van der Waals surface area contributed by atoms with E-state index in [0.29, 0.717) is 17.9 Å². The van der Waals surface area contributed by atoms with E-state index in [1.54, 1.807) is 16.8 Å². The van der Waals surface area contributed by atoms with Crippen molar-refractivity contribution in [3.05, 3.63) is 0 Å². The Morgan fingerprint density at radius 2 is 1.89 bits per heavy atom. The van der Waals surface area contributed by atoms with Crippen LogP contribution in [0.3, 0.4) is 0 Å². The third-order valence-electron chi connectivity index (χ3n) is 2.69. The minimum absolute atomic E-state index is 0.0320. The molecule has 8 heteroatoms. The van der Waals surface area contributed by atoms with Crippen molar-refractivity contribution in [3.63, 3.8) is 0 Å². The highest BCUT2D eigenvalue weighted by Gasteiger charge is 2.24. The van der Waals surface area contributed by atoms with Gasteiger partial charge in [-0.3, -0.25) is 4.79 Å². The molecule has 0 aliphatic heterocycles. The number of hydrogen-bond acceptors (Lipinski definition) is 7. The zero-order valence-electron chi connectivity index (χ0n) is 11.4. The van der Waals surface area contributed by atoms with Crippen LogP contribution in [-0.2, 0) is 4.79 Å². The second kappa shape index (κ2) is 5.25. The number of rotatable bonds is 5. The molecular weight excluding hydrogens is 246 g/mol. The number of anilines is 3. The molecule has 1 amide bonds. The summed E-state index contributed by atoms with van der Waals surface area (Å²) < 4.78 is 0. The lowest BCUT2D eigenvalue weighted by Crippen LogP contribution is -2.37. The molecule has 8 nitrogen and oxygen atoms in total. The monoisotopic (exact) mass is 265 g/mol. The van der Waals surface area contributed by atoms with Crippen molar-refractivity contribution < 1.29 is 4.79 Å². The number of carbonyl (C=O) groups is 1. The number of hydrogen-bond donors (Lipinski definition) is 2. The molecule has 0 spiro atoms. The first-order valence-corrected chi connectivity index (χ1v) is 6.15. The average Bonchev–Trinajstić information content (AvgIpc) is 3.11. The Hall–Kier alpha value is -2.12. The van der Waals surface area contributed by atoms with Gasteiger partial charge in [-0.15, -0.1) is 0 Å². The Labute approximate surface area is 112 Å². The quantitative estimate of drug-likeness (QED) is 0.721. The highest BCUT2D eigenvalue weighted by atomic mass is 16.2. The lowest BCUT2D eigenvalue weighted by atomic mass is 10.5. The first-order valence-electron chi connectivity index (χ1n) is 6.15.